The van der Waals surface area contributed by atoms with Crippen LogP contribution in [0.15, 0.2) is 40.3 Å². The lowest BCUT2D eigenvalue weighted by Gasteiger charge is -2.04. The van der Waals surface area contributed by atoms with Gasteiger partial charge < -0.3 is 9.73 Å². The molecule has 5 heteroatoms. The van der Waals surface area contributed by atoms with Gasteiger partial charge in [-0.25, -0.2) is 0 Å². The van der Waals surface area contributed by atoms with Crippen molar-refractivity contribution >= 4 is 29.0 Å². The van der Waals surface area contributed by atoms with E-state index in [1.807, 2.05) is 23.9 Å². The van der Waals surface area contributed by atoms with Gasteiger partial charge in [-0.15, -0.1) is 11.3 Å². The third-order valence-electron chi connectivity index (χ3n) is 3.41. The number of thiophene rings is 1. The predicted octanol–water partition coefficient (Wildman–Crippen LogP) is 3.49. The van der Waals surface area contributed by atoms with Crippen molar-refractivity contribution in [2.75, 3.05) is 12.3 Å². The van der Waals surface area contributed by atoms with E-state index in [-0.39, 0.29) is 11.8 Å². The van der Waals surface area contributed by atoms with Crippen LogP contribution in [0.1, 0.15) is 23.0 Å². The highest BCUT2D eigenvalue weighted by atomic mass is 32.2. The van der Waals surface area contributed by atoms with E-state index in [1.165, 1.54) is 4.88 Å². The zero-order valence-electron chi connectivity index (χ0n) is 11.1. The fraction of sp³-hybridized carbons (Fsp3) is 0.400. The monoisotopic (exact) mass is 307 g/mol. The fourth-order valence-corrected chi connectivity index (χ4v) is 3.95. The van der Waals surface area contributed by atoms with Crippen molar-refractivity contribution in [3.8, 4) is 0 Å². The normalized spacial score (nSPS) is 20.8. The molecule has 1 amide bonds. The van der Waals surface area contributed by atoms with Crippen LogP contribution in [0.25, 0.3) is 0 Å². The molecule has 0 aliphatic heterocycles. The zero-order chi connectivity index (χ0) is 13.8. The molecule has 0 radical (unpaired) electrons. The molecule has 0 saturated heterocycles. The number of carbonyl (C=O) groups is 1. The molecule has 0 unspecified atom stereocenters. The standard InChI is InChI=1S/C15H17NO2S2/c17-15(13-9-12(13)14-4-1-6-18-14)16-5-8-19-10-11-3-2-7-20-11/h1-4,6-7,12-13H,5,8-10H2,(H,16,17)/t12-,13+/m0/s1. The molecule has 1 saturated carbocycles. The highest BCUT2D eigenvalue weighted by molar-refractivity contribution is 7.98. The maximum Gasteiger partial charge on any atom is 0.223 e. The molecule has 1 N–H and O–H groups in total. The lowest BCUT2D eigenvalue weighted by atomic mass is 10.2. The molecular weight excluding hydrogens is 290 g/mol. The Labute approximate surface area is 126 Å². The van der Waals surface area contributed by atoms with Gasteiger partial charge in [0.05, 0.1) is 6.26 Å². The van der Waals surface area contributed by atoms with Gasteiger partial charge in [-0.05, 0) is 30.0 Å². The Hall–Kier alpha value is -1.20. The van der Waals surface area contributed by atoms with Gasteiger partial charge in [0.15, 0.2) is 0 Å². The Morgan fingerprint density at radius 1 is 1.45 bits per heavy atom. The average molecular weight is 307 g/mol. The van der Waals surface area contributed by atoms with E-state index >= 15 is 0 Å². The number of nitrogens with one attached hydrogen (secondary N) is 1. The van der Waals surface area contributed by atoms with Crippen LogP contribution in [-0.2, 0) is 10.5 Å². The number of carbonyl (C=O) groups excluding carboxylic acids is 1. The number of amides is 1. The lowest BCUT2D eigenvalue weighted by Crippen LogP contribution is -2.27. The van der Waals surface area contributed by atoms with E-state index in [9.17, 15) is 4.79 Å². The Morgan fingerprint density at radius 2 is 2.40 bits per heavy atom. The number of rotatable bonds is 7. The summed E-state index contributed by atoms with van der Waals surface area (Å²) >= 11 is 3.64. The summed E-state index contributed by atoms with van der Waals surface area (Å²) in [5, 5.41) is 5.12. The SMILES string of the molecule is O=C(NCCSCc1cccs1)[C@@H]1C[C@@H]1c1ccco1. The molecule has 3 nitrogen and oxygen atoms in total. The molecule has 2 heterocycles. The molecule has 0 spiro atoms. The van der Waals surface area contributed by atoms with Crippen molar-refractivity contribution in [3.05, 3.63) is 46.5 Å². The van der Waals surface area contributed by atoms with Gasteiger partial charge in [0.1, 0.15) is 5.76 Å². The fourth-order valence-electron chi connectivity index (χ4n) is 2.25. The Kier molecular flexibility index (Phi) is 4.47. The van der Waals surface area contributed by atoms with Crippen LogP contribution in [-0.4, -0.2) is 18.2 Å². The summed E-state index contributed by atoms with van der Waals surface area (Å²) in [6.45, 7) is 0.746. The Balaban J connectivity index is 1.30. The summed E-state index contributed by atoms with van der Waals surface area (Å²) in [5.41, 5.74) is 0. The second-order valence-corrected chi connectivity index (χ2v) is 7.02. The third kappa shape index (κ3) is 3.46. The molecule has 2 aromatic heterocycles. The molecule has 3 rings (SSSR count). The van der Waals surface area contributed by atoms with Crippen LogP contribution in [0.5, 0.6) is 0 Å². The van der Waals surface area contributed by atoms with E-state index in [0.717, 1.165) is 30.2 Å². The molecule has 1 fully saturated rings. The first-order chi connectivity index (χ1) is 9.84. The van der Waals surface area contributed by atoms with Crippen molar-refractivity contribution in [3.63, 3.8) is 0 Å². The second kappa shape index (κ2) is 6.50. The average Bonchev–Trinajstić information content (AvgIpc) is 2.90. The van der Waals surface area contributed by atoms with E-state index < -0.39 is 0 Å². The minimum Gasteiger partial charge on any atom is -0.469 e. The van der Waals surface area contributed by atoms with E-state index in [0.29, 0.717) is 5.92 Å². The van der Waals surface area contributed by atoms with Gasteiger partial charge in [-0.3, -0.25) is 4.79 Å². The van der Waals surface area contributed by atoms with E-state index in [1.54, 1.807) is 17.6 Å². The van der Waals surface area contributed by atoms with Gasteiger partial charge in [-0.2, -0.15) is 11.8 Å². The largest absolute Gasteiger partial charge is 0.469 e. The first-order valence-corrected chi connectivity index (χ1v) is 8.79. The van der Waals surface area contributed by atoms with E-state index in [2.05, 4.69) is 22.8 Å². The molecule has 0 bridgehead atoms. The summed E-state index contributed by atoms with van der Waals surface area (Å²) in [6, 6.07) is 8.05. The van der Waals surface area contributed by atoms with Crippen molar-refractivity contribution in [2.45, 2.75) is 18.1 Å². The van der Waals surface area contributed by atoms with Gasteiger partial charge in [-0.1, -0.05) is 6.07 Å². The first-order valence-electron chi connectivity index (χ1n) is 6.76. The predicted molar refractivity (Wildman–Crippen MR) is 83.0 cm³/mol. The summed E-state index contributed by atoms with van der Waals surface area (Å²) in [5.74, 6) is 3.51. The Bertz CT molecular complexity index is 536. The van der Waals surface area contributed by atoms with Crippen LogP contribution in [0.4, 0.5) is 0 Å². The molecule has 0 aromatic carbocycles. The van der Waals surface area contributed by atoms with Crippen molar-refractivity contribution in [1.82, 2.24) is 5.32 Å². The summed E-state index contributed by atoms with van der Waals surface area (Å²) in [7, 11) is 0. The summed E-state index contributed by atoms with van der Waals surface area (Å²) < 4.78 is 5.34. The zero-order valence-corrected chi connectivity index (χ0v) is 12.7. The number of furan rings is 1. The van der Waals surface area contributed by atoms with Crippen LogP contribution >= 0.6 is 23.1 Å². The maximum absolute atomic E-state index is 11.9. The maximum atomic E-state index is 11.9. The van der Waals surface area contributed by atoms with Crippen molar-refractivity contribution < 1.29 is 9.21 Å². The highest BCUT2D eigenvalue weighted by Gasteiger charge is 2.45. The lowest BCUT2D eigenvalue weighted by molar-refractivity contribution is -0.122. The van der Waals surface area contributed by atoms with Crippen molar-refractivity contribution in [1.29, 1.82) is 0 Å². The second-order valence-electron chi connectivity index (χ2n) is 4.89. The molecule has 20 heavy (non-hydrogen) atoms. The van der Waals surface area contributed by atoms with E-state index in [4.69, 9.17) is 4.42 Å². The molecular formula is C15H17NO2S2. The third-order valence-corrected chi connectivity index (χ3v) is 5.47. The topological polar surface area (TPSA) is 42.2 Å². The van der Waals surface area contributed by atoms with Gasteiger partial charge in [0.2, 0.25) is 5.91 Å². The molecule has 2 atom stereocenters. The number of hydrogen-bond acceptors (Lipinski definition) is 4. The molecule has 1 aliphatic carbocycles. The van der Waals surface area contributed by atoms with Gasteiger partial charge in [0, 0.05) is 34.8 Å². The molecule has 2 aromatic rings. The van der Waals surface area contributed by atoms with Gasteiger partial charge >= 0.3 is 0 Å². The van der Waals surface area contributed by atoms with Crippen LogP contribution in [0, 0.1) is 5.92 Å². The van der Waals surface area contributed by atoms with Crippen molar-refractivity contribution in [2.24, 2.45) is 5.92 Å². The quantitative estimate of drug-likeness (QED) is 0.796. The number of hydrogen-bond donors (Lipinski definition) is 1. The summed E-state index contributed by atoms with van der Waals surface area (Å²) in [4.78, 5) is 13.3. The van der Waals surface area contributed by atoms with Crippen LogP contribution in [0.2, 0.25) is 0 Å². The number of thioether (sulfide) groups is 1. The minimum absolute atomic E-state index is 0.114. The molecule has 106 valence electrons. The minimum atomic E-state index is 0.114. The molecule has 1 aliphatic rings. The Morgan fingerprint density at radius 3 is 3.15 bits per heavy atom. The highest BCUT2D eigenvalue weighted by Crippen LogP contribution is 2.47. The van der Waals surface area contributed by atoms with Crippen LogP contribution < -0.4 is 5.32 Å². The smallest absolute Gasteiger partial charge is 0.223 e. The summed E-state index contributed by atoms with van der Waals surface area (Å²) in [6.07, 6.45) is 2.59. The first kappa shape index (κ1) is 13.8. The van der Waals surface area contributed by atoms with Crippen LogP contribution in [0.3, 0.4) is 0 Å². The van der Waals surface area contributed by atoms with Gasteiger partial charge in [0.25, 0.3) is 0 Å².